The van der Waals surface area contributed by atoms with Gasteiger partial charge in [-0.05, 0) is 17.7 Å². The standard InChI is InChI=1S/C21H20ClF3N4O4/c1-32-6-4-16-17(21(31)29-33-7-5-30)18(11-2-3-14(24)13(22)8-11)28-20(27-16)19-15(25)9-12(23)10-26-19/h2-3,8-10,18,30H,4-7H2,1H3,(H,27,28)(H,29,31). The van der Waals surface area contributed by atoms with Gasteiger partial charge < -0.3 is 15.2 Å². The molecule has 1 aromatic heterocycles. The number of hydroxylamine groups is 1. The molecule has 2 heterocycles. The van der Waals surface area contributed by atoms with Crippen molar-refractivity contribution in [2.45, 2.75) is 12.5 Å². The number of rotatable bonds is 9. The van der Waals surface area contributed by atoms with E-state index in [9.17, 15) is 18.0 Å². The van der Waals surface area contributed by atoms with E-state index < -0.39 is 29.4 Å². The van der Waals surface area contributed by atoms with Crippen molar-refractivity contribution in [1.29, 1.82) is 0 Å². The minimum absolute atomic E-state index is 0.0685. The number of hydrogen-bond acceptors (Lipinski definition) is 7. The molecule has 1 amide bonds. The average Bonchev–Trinajstić information content (AvgIpc) is 2.79. The molecule has 0 saturated heterocycles. The second kappa shape index (κ2) is 11.2. The van der Waals surface area contributed by atoms with Gasteiger partial charge >= 0.3 is 0 Å². The van der Waals surface area contributed by atoms with Crippen LogP contribution in [-0.4, -0.2) is 48.8 Å². The van der Waals surface area contributed by atoms with Crippen LogP contribution in [0.25, 0.3) is 0 Å². The second-order valence-electron chi connectivity index (χ2n) is 6.80. The number of aliphatic imine (C=N–C) groups is 1. The SMILES string of the molecule is COCCC1=C(C(=O)NOCCO)C(c2ccc(F)c(Cl)c2)N=C(c2ncc(F)cc2F)N1. The third-order valence-electron chi connectivity index (χ3n) is 4.58. The third kappa shape index (κ3) is 5.88. The van der Waals surface area contributed by atoms with E-state index in [0.29, 0.717) is 17.3 Å². The molecule has 0 radical (unpaired) electrons. The number of carbonyl (C=O) groups excluding carboxylic acids is 1. The van der Waals surface area contributed by atoms with Gasteiger partial charge in [0, 0.05) is 25.3 Å². The number of benzene rings is 1. The van der Waals surface area contributed by atoms with Crippen molar-refractivity contribution in [3.63, 3.8) is 0 Å². The smallest absolute Gasteiger partial charge is 0.275 e. The highest BCUT2D eigenvalue weighted by atomic mass is 35.5. The van der Waals surface area contributed by atoms with Crippen LogP contribution in [0.5, 0.6) is 0 Å². The van der Waals surface area contributed by atoms with E-state index in [-0.39, 0.29) is 48.4 Å². The number of methoxy groups -OCH3 is 1. The molecule has 3 N–H and O–H groups in total. The third-order valence-corrected chi connectivity index (χ3v) is 4.87. The first kappa shape index (κ1) is 24.6. The first-order chi connectivity index (χ1) is 15.8. The fourth-order valence-electron chi connectivity index (χ4n) is 3.11. The number of carbonyl (C=O) groups is 1. The zero-order valence-electron chi connectivity index (χ0n) is 17.4. The minimum atomic E-state index is -1.07. The summed E-state index contributed by atoms with van der Waals surface area (Å²) >= 11 is 5.94. The average molecular weight is 485 g/mol. The van der Waals surface area contributed by atoms with Gasteiger partial charge in [0.15, 0.2) is 11.7 Å². The number of nitrogens with one attached hydrogen (secondary N) is 2. The van der Waals surface area contributed by atoms with E-state index in [1.54, 1.807) is 0 Å². The monoisotopic (exact) mass is 484 g/mol. The maximum Gasteiger partial charge on any atom is 0.275 e. The second-order valence-corrected chi connectivity index (χ2v) is 7.21. The van der Waals surface area contributed by atoms with Crippen LogP contribution >= 0.6 is 11.6 Å². The maximum absolute atomic E-state index is 14.5. The molecule has 1 aliphatic rings. The molecule has 1 atom stereocenters. The van der Waals surface area contributed by atoms with Crippen LogP contribution < -0.4 is 10.8 Å². The Balaban J connectivity index is 2.13. The predicted molar refractivity (Wildman–Crippen MR) is 113 cm³/mol. The zero-order valence-corrected chi connectivity index (χ0v) is 18.1. The summed E-state index contributed by atoms with van der Waals surface area (Å²) < 4.78 is 46.7. The Hall–Kier alpha value is -2.99. The van der Waals surface area contributed by atoms with E-state index in [4.69, 9.17) is 26.3 Å². The quantitative estimate of drug-likeness (QED) is 0.373. The van der Waals surface area contributed by atoms with E-state index in [1.807, 2.05) is 0 Å². The highest BCUT2D eigenvalue weighted by Gasteiger charge is 2.33. The number of aromatic nitrogens is 1. The lowest BCUT2D eigenvalue weighted by atomic mass is 9.94. The van der Waals surface area contributed by atoms with Gasteiger partial charge in [-0.2, -0.15) is 0 Å². The van der Waals surface area contributed by atoms with Crippen molar-refractivity contribution in [3.8, 4) is 0 Å². The molecule has 2 aromatic rings. The highest BCUT2D eigenvalue weighted by molar-refractivity contribution is 6.30. The summed E-state index contributed by atoms with van der Waals surface area (Å²) in [6.07, 6.45) is 1.00. The number of amidine groups is 1. The molecule has 1 aliphatic heterocycles. The van der Waals surface area contributed by atoms with E-state index in [0.717, 1.165) is 12.3 Å². The first-order valence-electron chi connectivity index (χ1n) is 9.71. The lowest BCUT2D eigenvalue weighted by Gasteiger charge is -2.28. The number of aliphatic hydroxyl groups is 1. The van der Waals surface area contributed by atoms with Crippen LogP contribution in [-0.2, 0) is 14.4 Å². The molecule has 1 aromatic carbocycles. The number of halogens is 4. The molecule has 0 fully saturated rings. The fraction of sp³-hybridized carbons (Fsp3) is 0.286. The number of hydrogen-bond donors (Lipinski definition) is 3. The van der Waals surface area contributed by atoms with E-state index in [1.165, 1.54) is 19.2 Å². The highest BCUT2D eigenvalue weighted by Crippen LogP contribution is 2.34. The summed E-state index contributed by atoms with van der Waals surface area (Å²) in [5.41, 5.74) is 2.62. The molecule has 12 heteroatoms. The Morgan fingerprint density at radius 1 is 1.24 bits per heavy atom. The molecule has 176 valence electrons. The Labute approximate surface area is 192 Å². The predicted octanol–water partition coefficient (Wildman–Crippen LogP) is 2.57. The van der Waals surface area contributed by atoms with Crippen molar-refractivity contribution >= 4 is 23.3 Å². The molecule has 0 aliphatic carbocycles. The Morgan fingerprint density at radius 3 is 2.70 bits per heavy atom. The van der Waals surface area contributed by atoms with Gasteiger partial charge in [-0.15, -0.1) is 0 Å². The Morgan fingerprint density at radius 2 is 2.03 bits per heavy atom. The van der Waals surface area contributed by atoms with Crippen molar-refractivity contribution < 1.29 is 32.6 Å². The number of ether oxygens (including phenoxy) is 1. The van der Waals surface area contributed by atoms with Crippen LogP contribution in [0.1, 0.15) is 23.7 Å². The molecular formula is C21H20ClF3N4O4. The van der Waals surface area contributed by atoms with Crippen LogP contribution in [0, 0.1) is 17.5 Å². The van der Waals surface area contributed by atoms with Crippen LogP contribution in [0.2, 0.25) is 5.02 Å². The van der Waals surface area contributed by atoms with Crippen LogP contribution in [0.15, 0.2) is 46.7 Å². The lowest BCUT2D eigenvalue weighted by Crippen LogP contribution is -2.38. The van der Waals surface area contributed by atoms with Crippen molar-refractivity contribution in [2.24, 2.45) is 4.99 Å². The van der Waals surface area contributed by atoms with Crippen LogP contribution in [0.4, 0.5) is 13.2 Å². The Bertz CT molecular complexity index is 1100. The number of nitrogens with zero attached hydrogens (tertiary/aromatic N) is 2. The normalized spacial score (nSPS) is 15.8. The lowest BCUT2D eigenvalue weighted by molar-refractivity contribution is -0.130. The number of aliphatic hydroxyl groups excluding tert-OH is 1. The molecule has 0 saturated carbocycles. The van der Waals surface area contributed by atoms with Gasteiger partial charge in [-0.25, -0.2) is 23.6 Å². The summed E-state index contributed by atoms with van der Waals surface area (Å²) in [5, 5.41) is 11.6. The van der Waals surface area contributed by atoms with Gasteiger partial charge in [0.25, 0.3) is 5.91 Å². The van der Waals surface area contributed by atoms with E-state index in [2.05, 4.69) is 20.8 Å². The van der Waals surface area contributed by atoms with Crippen molar-refractivity contribution in [1.82, 2.24) is 15.8 Å². The molecule has 8 nitrogen and oxygen atoms in total. The number of pyridine rings is 1. The largest absolute Gasteiger partial charge is 0.394 e. The van der Waals surface area contributed by atoms with Crippen LogP contribution in [0.3, 0.4) is 0 Å². The summed E-state index contributed by atoms with van der Waals surface area (Å²) in [5.74, 6) is -3.29. The topological polar surface area (TPSA) is 105 Å². The number of amides is 1. The van der Waals surface area contributed by atoms with E-state index >= 15 is 0 Å². The Kier molecular flexibility index (Phi) is 8.39. The molecule has 33 heavy (non-hydrogen) atoms. The summed E-state index contributed by atoms with van der Waals surface area (Å²) in [4.78, 5) is 26.1. The minimum Gasteiger partial charge on any atom is -0.394 e. The van der Waals surface area contributed by atoms with Gasteiger partial charge in [0.05, 0.1) is 36.6 Å². The summed E-state index contributed by atoms with van der Waals surface area (Å²) in [7, 11) is 1.46. The van der Waals surface area contributed by atoms with Crippen molar-refractivity contribution in [3.05, 3.63) is 75.5 Å². The van der Waals surface area contributed by atoms with Gasteiger partial charge in [-0.3, -0.25) is 14.6 Å². The van der Waals surface area contributed by atoms with Gasteiger partial charge in [0.2, 0.25) is 0 Å². The van der Waals surface area contributed by atoms with Crippen molar-refractivity contribution in [2.75, 3.05) is 26.9 Å². The molecule has 0 bridgehead atoms. The molecule has 0 spiro atoms. The molecule has 1 unspecified atom stereocenters. The fourth-order valence-corrected chi connectivity index (χ4v) is 3.30. The van der Waals surface area contributed by atoms with Gasteiger partial charge in [0.1, 0.15) is 23.4 Å². The first-order valence-corrected chi connectivity index (χ1v) is 10.1. The molecular weight excluding hydrogens is 465 g/mol. The molecule has 3 rings (SSSR count). The zero-order chi connectivity index (χ0) is 24.0. The summed E-state index contributed by atoms with van der Waals surface area (Å²) in [6, 6.07) is 3.36. The maximum atomic E-state index is 14.5. The van der Waals surface area contributed by atoms with Gasteiger partial charge in [-0.1, -0.05) is 17.7 Å². The summed E-state index contributed by atoms with van der Waals surface area (Å²) in [6.45, 7) is -0.310.